The van der Waals surface area contributed by atoms with Crippen LogP contribution < -0.4 is 10.6 Å². The first kappa shape index (κ1) is 10.7. The molecular weight excluding hydrogens is 180 g/mol. The van der Waals surface area contributed by atoms with Crippen molar-refractivity contribution in [3.63, 3.8) is 0 Å². The highest BCUT2D eigenvalue weighted by Gasteiger charge is 1.98. The summed E-state index contributed by atoms with van der Waals surface area (Å²) in [6, 6.07) is 4.90. The van der Waals surface area contributed by atoms with E-state index in [-0.39, 0.29) is 0 Å². The van der Waals surface area contributed by atoms with Crippen LogP contribution >= 0.6 is 11.3 Å². The number of hydrogen-bond donors (Lipinski definition) is 2. The molecule has 74 valence electrons. The van der Waals surface area contributed by atoms with Gasteiger partial charge in [0.05, 0.1) is 0 Å². The molecule has 0 fully saturated rings. The van der Waals surface area contributed by atoms with Gasteiger partial charge in [0.1, 0.15) is 0 Å². The summed E-state index contributed by atoms with van der Waals surface area (Å²) >= 11 is 1.86. The SMILES string of the molecule is CNC(C)CNCc1ccc(C)s1. The minimum Gasteiger partial charge on any atom is -0.316 e. The second kappa shape index (κ2) is 5.37. The molecular formula is C10H18N2S. The van der Waals surface area contributed by atoms with Gasteiger partial charge >= 0.3 is 0 Å². The lowest BCUT2D eigenvalue weighted by molar-refractivity contribution is 0.543. The lowest BCUT2D eigenvalue weighted by atomic mass is 10.3. The Labute approximate surface area is 84.4 Å². The first-order chi connectivity index (χ1) is 6.22. The van der Waals surface area contributed by atoms with E-state index in [1.54, 1.807) is 0 Å². The third-order valence-corrected chi connectivity index (χ3v) is 3.04. The zero-order valence-corrected chi connectivity index (χ0v) is 9.37. The van der Waals surface area contributed by atoms with Gasteiger partial charge in [0.25, 0.3) is 0 Å². The Balaban J connectivity index is 2.20. The molecule has 2 nitrogen and oxygen atoms in total. The van der Waals surface area contributed by atoms with Gasteiger partial charge in [0.15, 0.2) is 0 Å². The molecule has 1 aromatic rings. The number of nitrogens with one attached hydrogen (secondary N) is 2. The number of likely N-dealkylation sites (N-methyl/N-ethyl adjacent to an activating group) is 1. The number of aryl methyl sites for hydroxylation is 1. The van der Waals surface area contributed by atoms with Crippen LogP contribution in [0.2, 0.25) is 0 Å². The molecule has 0 spiro atoms. The molecule has 2 N–H and O–H groups in total. The standard InChI is InChI=1S/C10H18N2S/c1-8(11-3)6-12-7-10-5-4-9(2)13-10/h4-5,8,11-12H,6-7H2,1-3H3. The van der Waals surface area contributed by atoms with E-state index in [4.69, 9.17) is 0 Å². The normalized spacial score (nSPS) is 13.2. The van der Waals surface area contributed by atoms with Crippen LogP contribution in [0.1, 0.15) is 16.7 Å². The second-order valence-electron chi connectivity index (χ2n) is 3.33. The fourth-order valence-electron chi connectivity index (χ4n) is 1.09. The Bertz CT molecular complexity index is 245. The Morgan fingerprint density at radius 3 is 2.77 bits per heavy atom. The highest BCUT2D eigenvalue weighted by molar-refractivity contribution is 7.11. The molecule has 1 rings (SSSR count). The van der Waals surface area contributed by atoms with Gasteiger partial charge in [0.2, 0.25) is 0 Å². The molecule has 0 saturated heterocycles. The molecule has 13 heavy (non-hydrogen) atoms. The molecule has 0 aromatic carbocycles. The van der Waals surface area contributed by atoms with Crippen molar-refractivity contribution in [1.29, 1.82) is 0 Å². The van der Waals surface area contributed by atoms with Crippen molar-refractivity contribution >= 4 is 11.3 Å². The molecule has 3 heteroatoms. The maximum absolute atomic E-state index is 3.41. The third kappa shape index (κ3) is 3.89. The van der Waals surface area contributed by atoms with Crippen LogP contribution in [0.25, 0.3) is 0 Å². The molecule has 0 aliphatic rings. The van der Waals surface area contributed by atoms with Crippen molar-refractivity contribution in [2.75, 3.05) is 13.6 Å². The van der Waals surface area contributed by atoms with E-state index in [9.17, 15) is 0 Å². The topological polar surface area (TPSA) is 24.1 Å². The summed E-state index contributed by atoms with van der Waals surface area (Å²) in [5, 5.41) is 6.61. The first-order valence-corrected chi connectivity index (χ1v) is 5.47. The quantitative estimate of drug-likeness (QED) is 0.753. The first-order valence-electron chi connectivity index (χ1n) is 4.65. The zero-order chi connectivity index (χ0) is 9.68. The molecule has 0 saturated carbocycles. The van der Waals surface area contributed by atoms with Crippen molar-refractivity contribution < 1.29 is 0 Å². The van der Waals surface area contributed by atoms with Gasteiger partial charge in [-0.15, -0.1) is 11.3 Å². The second-order valence-corrected chi connectivity index (χ2v) is 4.71. The highest BCUT2D eigenvalue weighted by atomic mass is 32.1. The predicted molar refractivity (Wildman–Crippen MR) is 59.3 cm³/mol. The van der Waals surface area contributed by atoms with E-state index in [1.807, 2.05) is 18.4 Å². The van der Waals surface area contributed by atoms with Crippen molar-refractivity contribution in [3.05, 3.63) is 21.9 Å². The van der Waals surface area contributed by atoms with Gasteiger partial charge in [-0.3, -0.25) is 0 Å². The summed E-state index contributed by atoms with van der Waals surface area (Å²) < 4.78 is 0. The van der Waals surface area contributed by atoms with Crippen LogP contribution in [0.4, 0.5) is 0 Å². The minimum absolute atomic E-state index is 0.543. The van der Waals surface area contributed by atoms with E-state index in [2.05, 4.69) is 36.6 Å². The molecule has 0 amide bonds. The predicted octanol–water partition coefficient (Wildman–Crippen LogP) is 1.75. The highest BCUT2D eigenvalue weighted by Crippen LogP contribution is 2.14. The third-order valence-electron chi connectivity index (χ3n) is 2.04. The lowest BCUT2D eigenvalue weighted by Crippen LogP contribution is -2.33. The molecule has 1 atom stereocenters. The maximum Gasteiger partial charge on any atom is 0.0300 e. The van der Waals surface area contributed by atoms with Gasteiger partial charge in [0, 0.05) is 28.9 Å². The number of hydrogen-bond acceptors (Lipinski definition) is 3. The van der Waals surface area contributed by atoms with E-state index >= 15 is 0 Å². The largest absolute Gasteiger partial charge is 0.316 e. The van der Waals surface area contributed by atoms with Crippen LogP contribution in [0, 0.1) is 6.92 Å². The molecule has 1 unspecified atom stereocenters. The molecule has 0 aliphatic carbocycles. The average Bonchev–Trinajstić information content (AvgIpc) is 2.51. The average molecular weight is 198 g/mol. The monoisotopic (exact) mass is 198 g/mol. The van der Waals surface area contributed by atoms with Crippen molar-refractivity contribution in [1.82, 2.24) is 10.6 Å². The summed E-state index contributed by atoms with van der Waals surface area (Å²) in [6.45, 7) is 6.33. The summed E-state index contributed by atoms with van der Waals surface area (Å²) in [6.07, 6.45) is 0. The lowest BCUT2D eigenvalue weighted by Gasteiger charge is -2.10. The molecule has 0 bridgehead atoms. The van der Waals surface area contributed by atoms with Gasteiger partial charge in [-0.25, -0.2) is 0 Å². The molecule has 1 aromatic heterocycles. The number of thiophene rings is 1. The summed E-state index contributed by atoms with van der Waals surface area (Å²) in [7, 11) is 1.99. The smallest absolute Gasteiger partial charge is 0.0300 e. The zero-order valence-electron chi connectivity index (χ0n) is 8.55. The van der Waals surface area contributed by atoms with Gasteiger partial charge in [-0.1, -0.05) is 0 Å². The van der Waals surface area contributed by atoms with E-state index in [1.165, 1.54) is 9.75 Å². The Hall–Kier alpha value is -0.380. The summed E-state index contributed by atoms with van der Waals surface area (Å²) in [4.78, 5) is 2.80. The van der Waals surface area contributed by atoms with Crippen molar-refractivity contribution in [2.45, 2.75) is 26.4 Å². The molecule has 1 heterocycles. The Kier molecular flexibility index (Phi) is 4.42. The fourth-order valence-corrected chi connectivity index (χ4v) is 1.95. The van der Waals surface area contributed by atoms with Crippen LogP contribution in [0.5, 0.6) is 0 Å². The van der Waals surface area contributed by atoms with Crippen molar-refractivity contribution in [2.24, 2.45) is 0 Å². The fraction of sp³-hybridized carbons (Fsp3) is 0.600. The van der Waals surface area contributed by atoms with Gasteiger partial charge < -0.3 is 10.6 Å². The van der Waals surface area contributed by atoms with Gasteiger partial charge in [-0.05, 0) is 33.0 Å². The minimum atomic E-state index is 0.543. The molecule has 0 aliphatic heterocycles. The van der Waals surface area contributed by atoms with Crippen LogP contribution in [-0.4, -0.2) is 19.6 Å². The maximum atomic E-state index is 3.41. The van der Waals surface area contributed by atoms with E-state index < -0.39 is 0 Å². The van der Waals surface area contributed by atoms with Crippen LogP contribution in [0.15, 0.2) is 12.1 Å². The Morgan fingerprint density at radius 2 is 2.23 bits per heavy atom. The molecule has 0 radical (unpaired) electrons. The van der Waals surface area contributed by atoms with Gasteiger partial charge in [-0.2, -0.15) is 0 Å². The van der Waals surface area contributed by atoms with E-state index in [0.29, 0.717) is 6.04 Å². The Morgan fingerprint density at radius 1 is 1.46 bits per heavy atom. The van der Waals surface area contributed by atoms with Crippen LogP contribution in [-0.2, 0) is 6.54 Å². The van der Waals surface area contributed by atoms with Crippen LogP contribution in [0.3, 0.4) is 0 Å². The van der Waals surface area contributed by atoms with E-state index in [0.717, 1.165) is 13.1 Å². The summed E-state index contributed by atoms with van der Waals surface area (Å²) in [5.41, 5.74) is 0. The number of rotatable bonds is 5. The summed E-state index contributed by atoms with van der Waals surface area (Å²) in [5.74, 6) is 0. The van der Waals surface area contributed by atoms with Crippen molar-refractivity contribution in [3.8, 4) is 0 Å².